The number of carbonyl (C=O) groups excluding carboxylic acids is 1. The second-order valence-electron chi connectivity index (χ2n) is 4.64. The average molecular weight is 317 g/mol. The van der Waals surface area contributed by atoms with E-state index in [1.807, 2.05) is 6.92 Å². The standard InChI is InChI=1S/C13H16FNO5S/c1-4-5-15(2)12(16)9-6-8(13(17)18)7-10(11(9)14)21(3,19)20/h6-7H,4-5H2,1-3H3,(H,17,18). The van der Waals surface area contributed by atoms with E-state index in [0.717, 1.165) is 12.3 Å². The quantitative estimate of drug-likeness (QED) is 0.886. The van der Waals surface area contributed by atoms with Gasteiger partial charge in [0.1, 0.15) is 4.90 Å². The molecule has 1 amide bonds. The first kappa shape index (κ1) is 17.1. The van der Waals surface area contributed by atoms with Crippen molar-refractivity contribution in [2.45, 2.75) is 18.2 Å². The van der Waals surface area contributed by atoms with Gasteiger partial charge in [-0.1, -0.05) is 6.92 Å². The highest BCUT2D eigenvalue weighted by Crippen LogP contribution is 2.22. The van der Waals surface area contributed by atoms with Crippen molar-refractivity contribution in [2.75, 3.05) is 19.8 Å². The summed E-state index contributed by atoms with van der Waals surface area (Å²) in [5.74, 6) is -3.43. The number of halogens is 1. The first-order valence-electron chi connectivity index (χ1n) is 6.12. The van der Waals surface area contributed by atoms with E-state index in [2.05, 4.69) is 0 Å². The van der Waals surface area contributed by atoms with Crippen LogP contribution >= 0.6 is 0 Å². The van der Waals surface area contributed by atoms with Gasteiger partial charge in [0.2, 0.25) is 0 Å². The number of hydrogen-bond acceptors (Lipinski definition) is 4. The second-order valence-corrected chi connectivity index (χ2v) is 6.62. The van der Waals surface area contributed by atoms with Gasteiger partial charge < -0.3 is 10.0 Å². The Morgan fingerprint density at radius 2 is 1.90 bits per heavy atom. The van der Waals surface area contributed by atoms with E-state index in [1.54, 1.807) is 0 Å². The number of amides is 1. The smallest absolute Gasteiger partial charge is 0.335 e. The maximum atomic E-state index is 14.2. The van der Waals surface area contributed by atoms with Crippen molar-refractivity contribution in [1.82, 2.24) is 4.90 Å². The number of carboxylic acids is 1. The third-order valence-corrected chi connectivity index (χ3v) is 3.92. The zero-order valence-corrected chi connectivity index (χ0v) is 12.7. The molecule has 1 rings (SSSR count). The maximum Gasteiger partial charge on any atom is 0.335 e. The van der Waals surface area contributed by atoms with Crippen molar-refractivity contribution in [1.29, 1.82) is 0 Å². The molecule has 21 heavy (non-hydrogen) atoms. The fourth-order valence-electron chi connectivity index (χ4n) is 1.79. The minimum atomic E-state index is -3.99. The van der Waals surface area contributed by atoms with E-state index in [9.17, 15) is 22.4 Å². The van der Waals surface area contributed by atoms with Gasteiger partial charge in [-0.05, 0) is 18.6 Å². The predicted molar refractivity (Wildman–Crippen MR) is 73.7 cm³/mol. The molecule has 0 spiro atoms. The monoisotopic (exact) mass is 317 g/mol. The molecule has 0 heterocycles. The summed E-state index contributed by atoms with van der Waals surface area (Å²) in [7, 11) is -2.56. The molecule has 0 saturated heterocycles. The number of benzene rings is 1. The second kappa shape index (κ2) is 6.21. The van der Waals surface area contributed by atoms with Crippen molar-refractivity contribution in [3.8, 4) is 0 Å². The fourth-order valence-corrected chi connectivity index (χ4v) is 2.57. The molecule has 1 N–H and O–H groups in total. The largest absolute Gasteiger partial charge is 0.478 e. The topological polar surface area (TPSA) is 91.8 Å². The van der Waals surface area contributed by atoms with E-state index < -0.39 is 43.6 Å². The molecule has 0 saturated carbocycles. The van der Waals surface area contributed by atoms with Crippen molar-refractivity contribution in [3.63, 3.8) is 0 Å². The molecule has 0 aliphatic carbocycles. The van der Waals surface area contributed by atoms with Gasteiger partial charge in [0.25, 0.3) is 5.91 Å². The lowest BCUT2D eigenvalue weighted by Gasteiger charge is -2.17. The van der Waals surface area contributed by atoms with E-state index in [0.29, 0.717) is 19.0 Å². The maximum absolute atomic E-state index is 14.2. The molecule has 1 aromatic rings. The lowest BCUT2D eigenvalue weighted by Crippen LogP contribution is -2.29. The molecular formula is C13H16FNO5S. The van der Waals surface area contributed by atoms with Crippen molar-refractivity contribution >= 4 is 21.7 Å². The van der Waals surface area contributed by atoms with Gasteiger partial charge in [-0.15, -0.1) is 0 Å². The summed E-state index contributed by atoms with van der Waals surface area (Å²) in [4.78, 5) is 23.5. The molecule has 0 bridgehead atoms. The molecule has 0 unspecified atom stereocenters. The average Bonchev–Trinajstić information content (AvgIpc) is 2.36. The molecule has 116 valence electrons. The van der Waals surface area contributed by atoms with Crippen molar-refractivity contribution in [2.24, 2.45) is 0 Å². The van der Waals surface area contributed by atoms with Gasteiger partial charge in [0.15, 0.2) is 15.7 Å². The SMILES string of the molecule is CCCN(C)C(=O)c1cc(C(=O)O)cc(S(C)(=O)=O)c1F. The molecule has 1 aromatic carbocycles. The zero-order chi connectivity index (χ0) is 16.4. The van der Waals surface area contributed by atoms with Crippen LogP contribution in [-0.2, 0) is 9.84 Å². The van der Waals surface area contributed by atoms with Crippen LogP contribution in [0.1, 0.15) is 34.1 Å². The molecule has 0 aliphatic rings. The summed E-state index contributed by atoms with van der Waals surface area (Å²) < 4.78 is 37.3. The molecule has 0 radical (unpaired) electrons. The van der Waals surface area contributed by atoms with Crippen molar-refractivity contribution < 1.29 is 27.5 Å². The number of sulfone groups is 1. The van der Waals surface area contributed by atoms with Crippen LogP contribution in [0.5, 0.6) is 0 Å². The zero-order valence-electron chi connectivity index (χ0n) is 11.9. The molecular weight excluding hydrogens is 301 g/mol. The third kappa shape index (κ3) is 3.78. The Kier molecular flexibility index (Phi) is 5.06. The van der Waals surface area contributed by atoms with Gasteiger partial charge in [0.05, 0.1) is 11.1 Å². The van der Waals surface area contributed by atoms with E-state index in [1.165, 1.54) is 11.9 Å². The Labute approximate surface area is 122 Å². The number of nitrogens with zero attached hydrogens (tertiary/aromatic N) is 1. The van der Waals surface area contributed by atoms with Crippen LogP contribution in [0.3, 0.4) is 0 Å². The summed E-state index contributed by atoms with van der Waals surface area (Å²) >= 11 is 0. The molecule has 0 aliphatic heterocycles. The summed E-state index contributed by atoms with van der Waals surface area (Å²) in [5, 5.41) is 8.97. The van der Waals surface area contributed by atoms with Gasteiger partial charge in [0, 0.05) is 19.8 Å². The van der Waals surface area contributed by atoms with E-state index in [-0.39, 0.29) is 0 Å². The van der Waals surface area contributed by atoms with Gasteiger partial charge in [-0.3, -0.25) is 4.79 Å². The van der Waals surface area contributed by atoms with E-state index >= 15 is 0 Å². The first-order chi connectivity index (χ1) is 9.59. The number of hydrogen-bond donors (Lipinski definition) is 1. The normalized spacial score (nSPS) is 11.2. The fraction of sp³-hybridized carbons (Fsp3) is 0.385. The highest BCUT2D eigenvalue weighted by molar-refractivity contribution is 7.90. The Hall–Kier alpha value is -1.96. The number of carboxylic acid groups (broad SMARTS) is 1. The van der Waals surface area contributed by atoms with Crippen LogP contribution in [-0.4, -0.2) is 50.1 Å². The van der Waals surface area contributed by atoms with Crippen LogP contribution in [0, 0.1) is 5.82 Å². The third-order valence-electron chi connectivity index (χ3n) is 2.82. The van der Waals surface area contributed by atoms with Crippen LogP contribution in [0.25, 0.3) is 0 Å². The molecule has 6 nitrogen and oxygen atoms in total. The van der Waals surface area contributed by atoms with Crippen LogP contribution in [0.4, 0.5) is 4.39 Å². The van der Waals surface area contributed by atoms with Crippen molar-refractivity contribution in [3.05, 3.63) is 29.1 Å². The predicted octanol–water partition coefficient (Wildman–Crippen LogP) is 1.41. The number of aromatic carboxylic acids is 1. The first-order valence-corrected chi connectivity index (χ1v) is 8.01. The summed E-state index contributed by atoms with van der Waals surface area (Å²) in [6.45, 7) is 2.15. The molecule has 0 aromatic heterocycles. The van der Waals surface area contributed by atoms with Crippen LogP contribution in [0.15, 0.2) is 17.0 Å². The summed E-state index contributed by atoms with van der Waals surface area (Å²) in [5.41, 5.74) is -1.02. The Bertz CT molecular complexity index is 684. The number of carbonyl (C=O) groups is 2. The van der Waals surface area contributed by atoms with E-state index in [4.69, 9.17) is 5.11 Å². The highest BCUT2D eigenvalue weighted by Gasteiger charge is 2.25. The van der Waals surface area contributed by atoms with Gasteiger partial charge in [-0.2, -0.15) is 0 Å². The van der Waals surface area contributed by atoms with Gasteiger partial charge in [-0.25, -0.2) is 17.6 Å². The number of rotatable bonds is 5. The minimum absolute atomic E-state index is 0.337. The minimum Gasteiger partial charge on any atom is -0.478 e. The Morgan fingerprint density at radius 1 is 1.33 bits per heavy atom. The Morgan fingerprint density at radius 3 is 2.33 bits per heavy atom. The highest BCUT2D eigenvalue weighted by atomic mass is 32.2. The molecule has 0 fully saturated rings. The van der Waals surface area contributed by atoms with Crippen LogP contribution < -0.4 is 0 Å². The molecule has 0 atom stereocenters. The Balaban J connectivity index is 3.55. The molecule has 8 heteroatoms. The lowest BCUT2D eigenvalue weighted by molar-refractivity contribution is 0.0696. The lowest BCUT2D eigenvalue weighted by atomic mass is 10.1. The summed E-state index contributed by atoms with van der Waals surface area (Å²) in [6.07, 6.45) is 1.38. The summed E-state index contributed by atoms with van der Waals surface area (Å²) in [6, 6.07) is 1.56. The van der Waals surface area contributed by atoms with Crippen LogP contribution in [0.2, 0.25) is 0 Å². The van der Waals surface area contributed by atoms with Gasteiger partial charge >= 0.3 is 5.97 Å².